The number of ketones is 1. The molecular weight excluding hydrogens is 673 g/mol. The summed E-state index contributed by atoms with van der Waals surface area (Å²) >= 11 is 0. The first-order valence-electron chi connectivity index (χ1n) is 16.4. The fourth-order valence-corrected chi connectivity index (χ4v) is 6.63. The van der Waals surface area contributed by atoms with E-state index >= 15 is 0 Å². The number of nitrogens with one attached hydrogen (secondary N) is 1. The van der Waals surface area contributed by atoms with Crippen LogP contribution >= 0.6 is 0 Å². The van der Waals surface area contributed by atoms with Crippen LogP contribution in [0.5, 0.6) is 23.0 Å². The Labute approximate surface area is 319 Å². The average Bonchev–Trinajstić information content (AvgIpc) is 3.33. The number of esters is 1. The first-order chi connectivity index (χ1) is 23.4. The van der Waals surface area contributed by atoms with Crippen molar-refractivity contribution in [3.8, 4) is 23.0 Å². The van der Waals surface area contributed by atoms with Crippen molar-refractivity contribution >= 4 is 34.1 Å². The number of aromatic hydroxyl groups is 2. The number of phenols is 2. The Bertz CT molecular complexity index is 1770. The van der Waals surface area contributed by atoms with E-state index in [0.717, 1.165) is 6.07 Å². The number of aliphatic hydroxyl groups excluding tert-OH is 2. The minimum Gasteiger partial charge on any atom is -0.872 e. The number of benzene rings is 2. The van der Waals surface area contributed by atoms with Gasteiger partial charge in [-0.05, 0) is 31.4 Å². The SMILES string of the molecule is CO[C@H]1C=CO[C@@]2(C)Oc3c(C)c(O)c4c(O)c(cc([O-])c4c3C2=O)NC(=O)/C(C)=C\C=C/[C@H](C)[C@H](O)[C@@H](C)[C@@H](O)[C@@H](C)[C@H](OC(C)=O)[C@@H]1C.[Na+]. The second-order valence-electron chi connectivity index (χ2n) is 13.4. The minimum atomic E-state index is -2.01. The molecule has 14 heteroatoms. The van der Waals surface area contributed by atoms with Crippen molar-refractivity contribution in [2.24, 2.45) is 23.7 Å². The van der Waals surface area contributed by atoms with Gasteiger partial charge in [0, 0.05) is 55.8 Å². The molecule has 0 saturated carbocycles. The molecule has 0 aliphatic carbocycles. The number of allylic oxidation sites excluding steroid dienone is 2. The number of ether oxygens (including phenoxy) is 4. The zero-order valence-corrected chi connectivity index (χ0v) is 32.6. The minimum absolute atomic E-state index is 0. The van der Waals surface area contributed by atoms with Crippen molar-refractivity contribution in [3.63, 3.8) is 0 Å². The average molecular weight is 720 g/mol. The molecule has 1 amide bonds. The predicted octanol–water partition coefficient (Wildman–Crippen LogP) is 1.13. The summed E-state index contributed by atoms with van der Waals surface area (Å²) < 4.78 is 23.1. The molecule has 2 aromatic carbocycles. The topological polar surface area (TPSA) is 204 Å². The normalized spacial score (nSPS) is 31.9. The van der Waals surface area contributed by atoms with Crippen molar-refractivity contribution in [2.45, 2.75) is 85.6 Å². The maximum absolute atomic E-state index is 13.9. The van der Waals surface area contributed by atoms with Gasteiger partial charge in [-0.15, -0.1) is 0 Å². The van der Waals surface area contributed by atoms with Gasteiger partial charge in [-0.3, -0.25) is 14.4 Å². The number of amides is 1. The van der Waals surface area contributed by atoms with Gasteiger partial charge in [-0.25, -0.2) is 0 Å². The molecule has 0 aromatic heterocycles. The smallest absolute Gasteiger partial charge is 0.872 e. The van der Waals surface area contributed by atoms with Gasteiger partial charge in [0.25, 0.3) is 11.7 Å². The van der Waals surface area contributed by atoms with E-state index in [0.29, 0.717) is 0 Å². The molecule has 0 fully saturated rings. The Morgan fingerprint density at radius 3 is 2.24 bits per heavy atom. The molecule has 5 rings (SSSR count). The van der Waals surface area contributed by atoms with Crippen LogP contribution in [0.2, 0.25) is 0 Å². The van der Waals surface area contributed by atoms with Crippen molar-refractivity contribution in [2.75, 3.05) is 12.4 Å². The molecule has 2 aromatic rings. The third-order valence-corrected chi connectivity index (χ3v) is 9.82. The summed E-state index contributed by atoms with van der Waals surface area (Å²) in [6.45, 7) is 12.4. The third-order valence-electron chi connectivity index (χ3n) is 9.82. The number of anilines is 1. The number of carbonyl (C=O) groups is 3. The predicted molar refractivity (Wildman–Crippen MR) is 182 cm³/mol. The summed E-state index contributed by atoms with van der Waals surface area (Å²) in [6.07, 6.45) is 3.52. The molecule has 5 bridgehead atoms. The number of hydrogen-bond acceptors (Lipinski definition) is 12. The van der Waals surface area contributed by atoms with Gasteiger partial charge in [0.1, 0.15) is 17.6 Å². The third kappa shape index (κ3) is 8.08. The quantitative estimate of drug-likeness (QED) is 0.168. The van der Waals surface area contributed by atoms with Crippen molar-refractivity contribution in [3.05, 3.63) is 53.3 Å². The van der Waals surface area contributed by atoms with E-state index in [1.165, 1.54) is 53.2 Å². The van der Waals surface area contributed by atoms with Gasteiger partial charge in [-0.1, -0.05) is 51.7 Å². The molecule has 5 N–H and O–H groups in total. The summed E-state index contributed by atoms with van der Waals surface area (Å²) in [5.74, 6) is -8.49. The Morgan fingerprint density at radius 2 is 1.63 bits per heavy atom. The van der Waals surface area contributed by atoms with E-state index in [1.54, 1.807) is 39.8 Å². The molecule has 51 heavy (non-hydrogen) atoms. The number of fused-ring (bicyclic) bond motifs is 14. The zero-order chi connectivity index (χ0) is 37.4. The standard InChI is InChI=1S/C37H47NO12.Na/c1-16-11-10-12-17(2)36(46)38-23-15-24(40)26-27(32(23)44)31(43)21(6)34-28(26)35(45)37(8,50-34)48-14-13-25(47-9)18(3)33(49-22(7)39)20(5)30(42)19(4)29(16)41;/h10-16,18-20,25,29-30,33,40-44H,1-9H3,(H,38,46);/q;+1/p-1/b11-10-,14-13?,17-12-;/t16-,18+,19+,20+,25-,29-,30+,33+,37-;/m0./s1. The number of aliphatic hydroxyl groups is 2. The van der Waals surface area contributed by atoms with Gasteiger partial charge in [0.05, 0.1) is 41.2 Å². The molecule has 9 atom stereocenters. The van der Waals surface area contributed by atoms with Crippen LogP contribution in [0.25, 0.3) is 10.8 Å². The molecule has 0 spiro atoms. The van der Waals surface area contributed by atoms with Gasteiger partial charge >= 0.3 is 41.3 Å². The van der Waals surface area contributed by atoms with Crippen LogP contribution in [0.3, 0.4) is 0 Å². The maximum Gasteiger partial charge on any atom is 1.00 e. The van der Waals surface area contributed by atoms with Crippen LogP contribution in [0, 0.1) is 30.6 Å². The number of phenolic OH excluding ortho intramolecular Hbond substituents is 2. The Balaban J connectivity index is 0.00000702. The number of Topliss-reactive ketones (excluding diaryl/α,β-unsaturated/α-hetero) is 1. The summed E-state index contributed by atoms with van der Waals surface area (Å²) in [7, 11) is 1.43. The van der Waals surface area contributed by atoms with Crippen molar-refractivity contribution < 1.29 is 88.4 Å². The van der Waals surface area contributed by atoms with Crippen LogP contribution in [0.4, 0.5) is 5.69 Å². The number of carbonyl (C=O) groups excluding carboxylic acids is 3. The Kier molecular flexibility index (Phi) is 13.4. The van der Waals surface area contributed by atoms with Crippen LogP contribution in [0.15, 0.2) is 42.2 Å². The monoisotopic (exact) mass is 719 g/mol. The molecule has 0 saturated heterocycles. The molecule has 3 aliphatic heterocycles. The molecular formula is C37H46NNaO12. The number of methoxy groups -OCH3 is 1. The zero-order valence-electron chi connectivity index (χ0n) is 30.6. The van der Waals surface area contributed by atoms with Crippen LogP contribution in [-0.4, -0.2) is 75.4 Å². The van der Waals surface area contributed by atoms with Gasteiger partial charge in [0.15, 0.2) is 5.75 Å². The van der Waals surface area contributed by atoms with Crippen molar-refractivity contribution in [1.82, 2.24) is 0 Å². The summed E-state index contributed by atoms with van der Waals surface area (Å²) in [4.78, 5) is 39.2. The molecule has 0 unspecified atom stereocenters. The second-order valence-corrected chi connectivity index (χ2v) is 13.4. The van der Waals surface area contributed by atoms with Crippen molar-refractivity contribution in [1.29, 1.82) is 0 Å². The van der Waals surface area contributed by atoms with E-state index < -0.39 is 88.8 Å². The second kappa shape index (κ2) is 16.4. The molecule has 3 aliphatic rings. The van der Waals surface area contributed by atoms with E-state index in [2.05, 4.69) is 5.32 Å². The van der Waals surface area contributed by atoms with E-state index in [9.17, 15) is 39.9 Å². The number of hydrogen-bond donors (Lipinski definition) is 5. The molecule has 272 valence electrons. The fraction of sp³-hybridized carbons (Fsp3) is 0.486. The first kappa shape index (κ1) is 41.8. The van der Waals surface area contributed by atoms with Gasteiger partial charge in [0.2, 0.25) is 0 Å². The fourth-order valence-electron chi connectivity index (χ4n) is 6.63. The van der Waals surface area contributed by atoms with Crippen LogP contribution < -0.4 is 44.7 Å². The van der Waals surface area contributed by atoms with E-state index in [1.807, 2.05) is 0 Å². The van der Waals surface area contributed by atoms with Gasteiger partial charge < -0.3 is 49.8 Å². The summed E-state index contributed by atoms with van der Waals surface area (Å²) in [5, 5.41) is 60.2. The number of rotatable bonds is 2. The molecule has 13 nitrogen and oxygen atoms in total. The van der Waals surface area contributed by atoms with Crippen LogP contribution in [-0.2, 0) is 23.8 Å². The first-order valence-corrected chi connectivity index (χ1v) is 16.4. The molecule has 3 heterocycles. The van der Waals surface area contributed by atoms with Gasteiger partial charge in [-0.2, -0.15) is 0 Å². The van der Waals surface area contributed by atoms with E-state index in [4.69, 9.17) is 18.9 Å². The Hall–Kier alpha value is -3.59. The van der Waals surface area contributed by atoms with E-state index in [-0.39, 0.29) is 68.5 Å². The summed E-state index contributed by atoms with van der Waals surface area (Å²) in [6, 6.07) is 0.951. The Morgan fingerprint density at radius 1 is 0.980 bits per heavy atom. The maximum atomic E-state index is 13.9. The largest absolute Gasteiger partial charge is 1.00 e. The van der Waals surface area contributed by atoms with Crippen LogP contribution in [0.1, 0.15) is 64.4 Å². The summed E-state index contributed by atoms with van der Waals surface area (Å²) in [5.41, 5.74) is -0.266. The molecule has 0 radical (unpaired) electrons.